The fraction of sp³-hybridized carbons (Fsp3) is 0.854. The van der Waals surface area contributed by atoms with E-state index in [1.54, 1.807) is 0 Å². The van der Waals surface area contributed by atoms with Crippen molar-refractivity contribution in [2.24, 2.45) is 0 Å². The topological polar surface area (TPSA) is 105 Å². The zero-order valence-corrected chi connectivity index (χ0v) is 39.0. The summed E-state index contributed by atoms with van der Waals surface area (Å²) < 4.78 is 23.4. The molecular formula is C48H94N2O6P+. The molecule has 57 heavy (non-hydrogen) atoms. The van der Waals surface area contributed by atoms with E-state index >= 15 is 0 Å². The van der Waals surface area contributed by atoms with E-state index < -0.39 is 20.0 Å². The van der Waals surface area contributed by atoms with E-state index in [4.69, 9.17) is 9.05 Å². The van der Waals surface area contributed by atoms with Crippen molar-refractivity contribution in [2.45, 2.75) is 225 Å². The van der Waals surface area contributed by atoms with Gasteiger partial charge < -0.3 is 19.8 Å². The molecule has 0 aromatic heterocycles. The largest absolute Gasteiger partial charge is 0.472 e. The lowest BCUT2D eigenvalue weighted by atomic mass is 10.0. The first-order chi connectivity index (χ1) is 27.5. The number of amides is 1. The highest BCUT2D eigenvalue weighted by atomic mass is 31.2. The fourth-order valence-corrected chi connectivity index (χ4v) is 7.55. The molecule has 0 spiro atoms. The number of rotatable bonds is 43. The van der Waals surface area contributed by atoms with Gasteiger partial charge in [-0.1, -0.05) is 192 Å². The van der Waals surface area contributed by atoms with Crippen LogP contribution < -0.4 is 5.32 Å². The predicted octanol–water partition coefficient (Wildman–Crippen LogP) is 13.5. The quantitative estimate of drug-likeness (QED) is 0.0245. The molecule has 0 radical (unpaired) electrons. The number of likely N-dealkylation sites (N-methyl/N-ethyl adjacent to an activating group) is 1. The summed E-state index contributed by atoms with van der Waals surface area (Å²) in [6, 6.07) is -0.755. The summed E-state index contributed by atoms with van der Waals surface area (Å²) in [5.41, 5.74) is 0. The van der Waals surface area contributed by atoms with Gasteiger partial charge in [-0.05, 0) is 51.4 Å². The Morgan fingerprint density at radius 2 is 1.00 bits per heavy atom. The number of carbonyl (C=O) groups is 1. The number of nitrogens with zero attached hydrogens (tertiary/aromatic N) is 1. The van der Waals surface area contributed by atoms with Gasteiger partial charge in [0, 0.05) is 6.42 Å². The van der Waals surface area contributed by atoms with Gasteiger partial charge in [0.2, 0.25) is 5.91 Å². The average molecular weight is 826 g/mol. The molecule has 3 N–H and O–H groups in total. The third-order valence-corrected chi connectivity index (χ3v) is 11.6. The SMILES string of the molecule is CCCCCCC/C=C\C/C=C\C/C=C\CCCCCCCCCCCCCCCCCCC(=O)NC(COP(=O)(O)OCC[N+](C)(C)C)C(O)CCCCCC. The van der Waals surface area contributed by atoms with Crippen LogP contribution in [0.25, 0.3) is 0 Å². The second-order valence-corrected chi connectivity index (χ2v) is 18.9. The lowest BCUT2D eigenvalue weighted by molar-refractivity contribution is -0.870. The van der Waals surface area contributed by atoms with Crippen molar-refractivity contribution in [1.29, 1.82) is 0 Å². The second kappa shape index (κ2) is 40.1. The van der Waals surface area contributed by atoms with Crippen molar-refractivity contribution in [3.05, 3.63) is 36.5 Å². The van der Waals surface area contributed by atoms with Crippen molar-refractivity contribution in [1.82, 2.24) is 5.32 Å². The molecule has 0 fully saturated rings. The van der Waals surface area contributed by atoms with Crippen molar-refractivity contribution in [3.63, 3.8) is 0 Å². The smallest absolute Gasteiger partial charge is 0.391 e. The van der Waals surface area contributed by atoms with Crippen LogP contribution in [0.5, 0.6) is 0 Å². The molecule has 0 bridgehead atoms. The molecule has 0 aromatic carbocycles. The Morgan fingerprint density at radius 3 is 1.46 bits per heavy atom. The molecule has 336 valence electrons. The van der Waals surface area contributed by atoms with Gasteiger partial charge in [0.05, 0.1) is 39.9 Å². The second-order valence-electron chi connectivity index (χ2n) is 17.5. The fourth-order valence-electron chi connectivity index (χ4n) is 6.82. The number of aliphatic hydroxyl groups excluding tert-OH is 1. The van der Waals surface area contributed by atoms with Crippen LogP contribution >= 0.6 is 7.82 Å². The van der Waals surface area contributed by atoms with Gasteiger partial charge in [-0.25, -0.2) is 4.57 Å². The van der Waals surface area contributed by atoms with Gasteiger partial charge in [0.25, 0.3) is 0 Å². The minimum atomic E-state index is -4.29. The van der Waals surface area contributed by atoms with Crippen LogP contribution in [0.4, 0.5) is 0 Å². The summed E-state index contributed by atoms with van der Waals surface area (Å²) in [5.74, 6) is -0.153. The Balaban J connectivity index is 3.81. The zero-order valence-electron chi connectivity index (χ0n) is 38.1. The maximum Gasteiger partial charge on any atom is 0.472 e. The number of quaternary nitrogens is 1. The van der Waals surface area contributed by atoms with Gasteiger partial charge in [-0.15, -0.1) is 0 Å². The third-order valence-electron chi connectivity index (χ3n) is 10.6. The molecule has 0 aliphatic carbocycles. The molecule has 1 amide bonds. The van der Waals surface area contributed by atoms with E-state index in [9.17, 15) is 19.4 Å². The zero-order chi connectivity index (χ0) is 42.1. The van der Waals surface area contributed by atoms with Crippen LogP contribution in [0.1, 0.15) is 213 Å². The van der Waals surface area contributed by atoms with Gasteiger partial charge in [0.15, 0.2) is 0 Å². The Bertz CT molecular complexity index is 1030. The monoisotopic (exact) mass is 826 g/mol. The molecule has 3 unspecified atom stereocenters. The van der Waals surface area contributed by atoms with E-state index in [0.29, 0.717) is 23.9 Å². The standard InChI is InChI=1S/C48H93N2O6P/c1-6-8-10-12-13-14-15-16-17-18-19-20-21-22-23-24-25-26-27-28-29-30-31-32-33-34-35-36-37-38-40-42-48(52)49-46(47(51)41-39-11-9-7-2)45-56-57(53,54)55-44-43-50(3,4)5/h15-16,18-19,21-22,46-47,51H,6-14,17,20,23-45H2,1-5H3,(H-,49,52,53,54)/p+1/b16-15-,19-18-,22-21-. The number of hydrogen-bond donors (Lipinski definition) is 3. The van der Waals surface area contributed by atoms with Gasteiger partial charge in [-0.3, -0.25) is 13.8 Å². The number of carbonyl (C=O) groups excluding carboxylic acids is 1. The summed E-state index contributed by atoms with van der Waals surface area (Å²) in [7, 11) is 1.61. The van der Waals surface area contributed by atoms with Crippen LogP contribution in [0.15, 0.2) is 36.5 Å². The van der Waals surface area contributed by atoms with E-state index in [1.165, 1.54) is 128 Å². The number of phosphoric ester groups is 1. The average Bonchev–Trinajstić information content (AvgIpc) is 3.16. The lowest BCUT2D eigenvalue weighted by Gasteiger charge is -2.26. The van der Waals surface area contributed by atoms with Crippen molar-refractivity contribution in [2.75, 3.05) is 40.9 Å². The van der Waals surface area contributed by atoms with Crippen molar-refractivity contribution < 1.29 is 32.9 Å². The van der Waals surface area contributed by atoms with E-state index in [2.05, 4.69) is 55.6 Å². The Morgan fingerprint density at radius 1 is 0.596 bits per heavy atom. The van der Waals surface area contributed by atoms with E-state index in [1.807, 2.05) is 21.1 Å². The molecule has 0 saturated carbocycles. The minimum absolute atomic E-state index is 0.0737. The molecule has 0 aliphatic heterocycles. The van der Waals surface area contributed by atoms with E-state index in [-0.39, 0.29) is 19.1 Å². The highest BCUT2D eigenvalue weighted by Gasteiger charge is 2.28. The van der Waals surface area contributed by atoms with Gasteiger partial charge in [0.1, 0.15) is 13.2 Å². The molecular weight excluding hydrogens is 732 g/mol. The molecule has 3 atom stereocenters. The highest BCUT2D eigenvalue weighted by molar-refractivity contribution is 7.47. The summed E-state index contributed by atoms with van der Waals surface area (Å²) in [5, 5.41) is 13.7. The normalized spacial score (nSPS) is 14.6. The van der Waals surface area contributed by atoms with Crippen LogP contribution in [0.3, 0.4) is 0 Å². The van der Waals surface area contributed by atoms with Crippen molar-refractivity contribution >= 4 is 13.7 Å². The van der Waals surface area contributed by atoms with Crippen molar-refractivity contribution in [3.8, 4) is 0 Å². The number of hydrogen-bond acceptors (Lipinski definition) is 5. The number of allylic oxidation sites excluding steroid dienone is 6. The first-order valence-corrected chi connectivity index (χ1v) is 25.3. The first kappa shape index (κ1) is 55.7. The molecule has 9 heteroatoms. The Hall–Kier alpha value is -1.28. The van der Waals surface area contributed by atoms with Crippen LogP contribution in [-0.2, 0) is 18.4 Å². The summed E-state index contributed by atoms with van der Waals surface area (Å²) >= 11 is 0. The summed E-state index contributed by atoms with van der Waals surface area (Å²) in [4.78, 5) is 22.9. The molecule has 0 saturated heterocycles. The van der Waals surface area contributed by atoms with Gasteiger partial charge in [-0.2, -0.15) is 0 Å². The number of unbranched alkanes of at least 4 members (excludes halogenated alkanes) is 24. The van der Waals surface area contributed by atoms with Gasteiger partial charge >= 0.3 is 7.82 Å². The first-order valence-electron chi connectivity index (χ1n) is 23.9. The minimum Gasteiger partial charge on any atom is -0.391 e. The van der Waals surface area contributed by atoms with Crippen LogP contribution in [0, 0.1) is 0 Å². The summed E-state index contributed by atoms with van der Waals surface area (Å²) in [6.07, 6.45) is 49.7. The number of nitrogens with one attached hydrogen (secondary N) is 1. The molecule has 8 nitrogen and oxygen atoms in total. The third kappa shape index (κ3) is 42.6. The maximum absolute atomic E-state index is 12.8. The number of aliphatic hydroxyl groups is 1. The van der Waals surface area contributed by atoms with Crippen LogP contribution in [-0.4, -0.2) is 73.4 Å². The highest BCUT2D eigenvalue weighted by Crippen LogP contribution is 2.43. The Labute approximate surface area is 353 Å². The molecule has 0 heterocycles. The number of phosphoric acid groups is 1. The molecule has 0 aliphatic rings. The Kier molecular flexibility index (Phi) is 39.2. The van der Waals surface area contributed by atoms with Crippen LogP contribution in [0.2, 0.25) is 0 Å². The molecule has 0 aromatic rings. The lowest BCUT2D eigenvalue weighted by Crippen LogP contribution is -2.46. The summed E-state index contributed by atoms with van der Waals surface area (Å²) in [6.45, 7) is 4.75. The van der Waals surface area contributed by atoms with E-state index in [0.717, 1.165) is 57.8 Å². The maximum atomic E-state index is 12.8. The molecule has 0 rings (SSSR count). The predicted molar refractivity (Wildman–Crippen MR) is 244 cm³/mol.